The molecule has 1 fully saturated rings. The molecule has 0 unspecified atom stereocenters. The molecule has 6 heteroatoms. The number of amides is 1. The van der Waals surface area contributed by atoms with Gasteiger partial charge in [0.25, 0.3) is 5.91 Å². The van der Waals surface area contributed by atoms with Gasteiger partial charge < -0.3 is 15.0 Å². The largest absolute Gasteiger partial charge is 0.497 e. The molecular weight excluding hydrogens is 370 g/mol. The molecule has 0 atom stereocenters. The molecule has 1 saturated heterocycles. The highest BCUT2D eigenvalue weighted by atomic mass is 32.1. The maximum atomic E-state index is 12.4. The van der Waals surface area contributed by atoms with Crippen LogP contribution >= 0.6 is 11.3 Å². The van der Waals surface area contributed by atoms with E-state index in [1.54, 1.807) is 36.6 Å². The zero-order chi connectivity index (χ0) is 19.3. The maximum Gasteiger partial charge on any atom is 0.255 e. The van der Waals surface area contributed by atoms with E-state index in [2.05, 4.69) is 15.6 Å². The topological polar surface area (TPSA) is 54.5 Å². The summed E-state index contributed by atoms with van der Waals surface area (Å²) in [4.78, 5) is 19.6. The molecule has 28 heavy (non-hydrogen) atoms. The van der Waals surface area contributed by atoms with Crippen molar-refractivity contribution < 1.29 is 9.53 Å². The predicted molar refractivity (Wildman–Crippen MR) is 115 cm³/mol. The number of thiazole rings is 1. The summed E-state index contributed by atoms with van der Waals surface area (Å²) in [7, 11) is 1.59. The highest BCUT2D eigenvalue weighted by molar-refractivity contribution is 7.14. The van der Waals surface area contributed by atoms with Gasteiger partial charge in [-0.25, -0.2) is 4.98 Å². The lowest BCUT2D eigenvalue weighted by Crippen LogP contribution is -2.29. The van der Waals surface area contributed by atoms with Crippen molar-refractivity contribution in [3.63, 3.8) is 0 Å². The number of benzene rings is 2. The first-order valence-electron chi connectivity index (χ1n) is 9.49. The Hall–Kier alpha value is -2.86. The van der Waals surface area contributed by atoms with Crippen LogP contribution in [0.1, 0.15) is 29.6 Å². The van der Waals surface area contributed by atoms with Gasteiger partial charge in [-0.3, -0.25) is 4.79 Å². The molecule has 0 bridgehead atoms. The van der Waals surface area contributed by atoms with Gasteiger partial charge in [0.2, 0.25) is 0 Å². The number of carbonyl (C=O) groups is 1. The summed E-state index contributed by atoms with van der Waals surface area (Å²) >= 11 is 1.70. The third kappa shape index (κ3) is 4.17. The van der Waals surface area contributed by atoms with Crippen LogP contribution in [0, 0.1) is 0 Å². The predicted octanol–water partition coefficient (Wildman–Crippen LogP) is 5.06. The number of hydrogen-bond donors (Lipinski definition) is 1. The monoisotopic (exact) mass is 393 g/mol. The molecule has 5 nitrogen and oxygen atoms in total. The van der Waals surface area contributed by atoms with Gasteiger partial charge in [0.1, 0.15) is 5.75 Å². The zero-order valence-electron chi connectivity index (χ0n) is 15.9. The van der Waals surface area contributed by atoms with Crippen molar-refractivity contribution in [3.8, 4) is 17.0 Å². The highest BCUT2D eigenvalue weighted by Gasteiger charge is 2.15. The van der Waals surface area contributed by atoms with Crippen LogP contribution in [0.3, 0.4) is 0 Å². The molecule has 3 aromatic rings. The fourth-order valence-electron chi connectivity index (χ4n) is 3.32. The van der Waals surface area contributed by atoms with Crippen molar-refractivity contribution in [2.45, 2.75) is 19.3 Å². The Morgan fingerprint density at radius 1 is 1.11 bits per heavy atom. The third-order valence-corrected chi connectivity index (χ3v) is 5.79. The number of nitrogens with one attached hydrogen (secondary N) is 1. The molecule has 144 valence electrons. The molecule has 4 rings (SSSR count). The summed E-state index contributed by atoms with van der Waals surface area (Å²) in [5.74, 6) is 0.503. The maximum absolute atomic E-state index is 12.4. The number of anilines is 2. The molecule has 0 aliphatic carbocycles. The van der Waals surface area contributed by atoms with Crippen LogP contribution in [0.5, 0.6) is 5.75 Å². The summed E-state index contributed by atoms with van der Waals surface area (Å²) in [6, 6.07) is 14.9. The van der Waals surface area contributed by atoms with E-state index >= 15 is 0 Å². The van der Waals surface area contributed by atoms with E-state index < -0.39 is 0 Å². The Labute approximate surface area is 169 Å². The van der Waals surface area contributed by atoms with Gasteiger partial charge in [0, 0.05) is 35.3 Å². The van der Waals surface area contributed by atoms with Gasteiger partial charge in [-0.05, 0) is 49.6 Å². The van der Waals surface area contributed by atoms with Crippen LogP contribution in [-0.2, 0) is 0 Å². The smallest absolute Gasteiger partial charge is 0.255 e. The van der Waals surface area contributed by atoms with Crippen LogP contribution in [0.4, 0.5) is 10.8 Å². The fraction of sp³-hybridized carbons (Fsp3) is 0.273. The second-order valence-corrected chi connectivity index (χ2v) is 7.66. The standard InChI is InChI=1S/C22H23N3O2S/c1-27-19-7-5-6-17(14-19)21(26)23-18-10-8-16(9-11-18)20-15-28-22(24-20)25-12-3-2-4-13-25/h5-11,14-15H,2-4,12-13H2,1H3,(H,23,26). The summed E-state index contributed by atoms with van der Waals surface area (Å²) in [5.41, 5.74) is 3.35. The van der Waals surface area contributed by atoms with Crippen LogP contribution < -0.4 is 15.0 Å². The average molecular weight is 394 g/mol. The van der Waals surface area contributed by atoms with Crippen molar-refractivity contribution in [3.05, 3.63) is 59.5 Å². The minimum atomic E-state index is -0.160. The molecule has 2 heterocycles. The molecule has 1 aliphatic heterocycles. The molecule has 0 saturated carbocycles. The zero-order valence-corrected chi connectivity index (χ0v) is 16.7. The summed E-state index contributed by atoms with van der Waals surface area (Å²) in [6.07, 6.45) is 3.81. The van der Waals surface area contributed by atoms with E-state index in [1.165, 1.54) is 19.3 Å². The van der Waals surface area contributed by atoms with Gasteiger partial charge in [0.15, 0.2) is 5.13 Å². The van der Waals surface area contributed by atoms with Crippen LogP contribution in [0.2, 0.25) is 0 Å². The van der Waals surface area contributed by atoms with Crippen molar-refractivity contribution in [2.75, 3.05) is 30.4 Å². The molecule has 0 radical (unpaired) electrons. The summed E-state index contributed by atoms with van der Waals surface area (Å²) in [5, 5.41) is 6.13. The van der Waals surface area contributed by atoms with Crippen molar-refractivity contribution in [1.29, 1.82) is 0 Å². The van der Waals surface area contributed by atoms with Gasteiger partial charge >= 0.3 is 0 Å². The molecule has 1 N–H and O–H groups in total. The SMILES string of the molecule is COc1cccc(C(=O)Nc2ccc(-c3csc(N4CCCCC4)n3)cc2)c1. The first-order chi connectivity index (χ1) is 13.7. The Balaban J connectivity index is 1.43. The lowest BCUT2D eigenvalue weighted by molar-refractivity contribution is 0.102. The second kappa shape index (κ2) is 8.44. The summed E-state index contributed by atoms with van der Waals surface area (Å²) < 4.78 is 5.18. The minimum Gasteiger partial charge on any atom is -0.497 e. The number of methoxy groups -OCH3 is 1. The second-order valence-electron chi connectivity index (χ2n) is 6.83. The number of rotatable bonds is 5. The van der Waals surface area contributed by atoms with Crippen molar-refractivity contribution in [1.82, 2.24) is 4.98 Å². The van der Waals surface area contributed by atoms with Gasteiger partial charge in [-0.2, -0.15) is 0 Å². The Kier molecular flexibility index (Phi) is 5.58. The van der Waals surface area contributed by atoms with Gasteiger partial charge in [-0.15, -0.1) is 11.3 Å². The summed E-state index contributed by atoms with van der Waals surface area (Å²) in [6.45, 7) is 2.20. The van der Waals surface area contributed by atoms with Crippen molar-refractivity contribution in [2.24, 2.45) is 0 Å². The van der Waals surface area contributed by atoms with Crippen LogP contribution in [-0.4, -0.2) is 31.1 Å². The number of piperidine rings is 1. The third-order valence-electron chi connectivity index (χ3n) is 4.89. The Bertz CT molecular complexity index is 946. The van der Waals surface area contributed by atoms with Crippen molar-refractivity contribution >= 4 is 28.1 Å². The van der Waals surface area contributed by atoms with E-state index in [4.69, 9.17) is 9.72 Å². The van der Waals surface area contributed by atoms with Crippen LogP contribution in [0.15, 0.2) is 53.9 Å². The lowest BCUT2D eigenvalue weighted by Gasteiger charge is -2.25. The van der Waals surface area contributed by atoms with E-state index in [9.17, 15) is 4.79 Å². The average Bonchev–Trinajstić information content (AvgIpc) is 3.25. The number of ether oxygens (including phenoxy) is 1. The fourth-order valence-corrected chi connectivity index (χ4v) is 4.21. The first-order valence-corrected chi connectivity index (χ1v) is 10.4. The van der Waals surface area contributed by atoms with Crippen LogP contribution in [0.25, 0.3) is 11.3 Å². The molecule has 1 aromatic heterocycles. The molecular formula is C22H23N3O2S. The normalized spacial score (nSPS) is 14.0. The quantitative estimate of drug-likeness (QED) is 0.658. The number of carbonyl (C=O) groups excluding carboxylic acids is 1. The molecule has 1 aliphatic rings. The number of aromatic nitrogens is 1. The van der Waals surface area contributed by atoms with E-state index in [1.807, 2.05) is 30.3 Å². The Morgan fingerprint density at radius 2 is 1.89 bits per heavy atom. The van der Waals surface area contributed by atoms with Gasteiger partial charge in [0.05, 0.1) is 12.8 Å². The van der Waals surface area contributed by atoms with E-state index in [0.29, 0.717) is 11.3 Å². The van der Waals surface area contributed by atoms with E-state index in [-0.39, 0.29) is 5.91 Å². The lowest BCUT2D eigenvalue weighted by atomic mass is 10.1. The molecule has 0 spiro atoms. The number of hydrogen-bond acceptors (Lipinski definition) is 5. The van der Waals surface area contributed by atoms with E-state index in [0.717, 1.165) is 35.2 Å². The highest BCUT2D eigenvalue weighted by Crippen LogP contribution is 2.29. The number of nitrogens with zero attached hydrogens (tertiary/aromatic N) is 2. The molecule has 2 aromatic carbocycles. The Morgan fingerprint density at radius 3 is 2.64 bits per heavy atom. The molecule has 1 amide bonds. The minimum absolute atomic E-state index is 0.160. The van der Waals surface area contributed by atoms with Gasteiger partial charge in [-0.1, -0.05) is 18.2 Å². The first kappa shape index (κ1) is 18.5.